The highest BCUT2D eigenvalue weighted by molar-refractivity contribution is 5.91. The van der Waals surface area contributed by atoms with Crippen molar-refractivity contribution in [3.05, 3.63) is 48.0 Å². The zero-order valence-corrected chi connectivity index (χ0v) is 11.3. The van der Waals surface area contributed by atoms with Crippen LogP contribution in [-0.4, -0.2) is 26.2 Å². The number of fused-ring (bicyclic) bond motifs is 1. The van der Waals surface area contributed by atoms with Gasteiger partial charge < -0.3 is 10.1 Å². The SMILES string of the molecule is CCOC(=O)C(CNC)c1cccc2ccccc12. The Hall–Kier alpha value is -1.87. The third kappa shape index (κ3) is 2.93. The molecule has 0 aliphatic heterocycles. The van der Waals surface area contributed by atoms with E-state index in [1.54, 1.807) is 0 Å². The lowest BCUT2D eigenvalue weighted by Gasteiger charge is -2.17. The average molecular weight is 257 g/mol. The predicted octanol–water partition coefficient (Wildman–Crippen LogP) is 2.71. The standard InChI is InChI=1S/C16H19NO2/c1-3-19-16(18)15(11-17-2)14-10-6-8-12-7-4-5-9-13(12)14/h4-10,15,17H,3,11H2,1-2H3. The summed E-state index contributed by atoms with van der Waals surface area (Å²) >= 11 is 0. The normalized spacial score (nSPS) is 12.3. The van der Waals surface area contributed by atoms with E-state index in [9.17, 15) is 4.79 Å². The first-order valence-electron chi connectivity index (χ1n) is 6.56. The molecule has 0 bridgehead atoms. The maximum absolute atomic E-state index is 12.1. The number of benzene rings is 2. The molecule has 0 aliphatic carbocycles. The molecule has 3 nitrogen and oxygen atoms in total. The van der Waals surface area contributed by atoms with Gasteiger partial charge in [0.1, 0.15) is 0 Å². The van der Waals surface area contributed by atoms with Crippen LogP contribution in [0.25, 0.3) is 10.8 Å². The van der Waals surface area contributed by atoms with Gasteiger partial charge in [0.25, 0.3) is 0 Å². The molecule has 1 N–H and O–H groups in total. The Balaban J connectivity index is 2.46. The molecule has 2 rings (SSSR count). The Morgan fingerprint density at radius 2 is 1.95 bits per heavy atom. The van der Waals surface area contributed by atoms with Crippen molar-refractivity contribution in [1.82, 2.24) is 5.32 Å². The van der Waals surface area contributed by atoms with Gasteiger partial charge in [-0.25, -0.2) is 0 Å². The zero-order chi connectivity index (χ0) is 13.7. The summed E-state index contributed by atoms with van der Waals surface area (Å²) < 4.78 is 5.18. The quantitative estimate of drug-likeness (QED) is 0.837. The summed E-state index contributed by atoms with van der Waals surface area (Å²) in [6.07, 6.45) is 0. The lowest BCUT2D eigenvalue weighted by atomic mass is 9.93. The average Bonchev–Trinajstić information content (AvgIpc) is 2.44. The molecule has 0 fully saturated rings. The molecular formula is C16H19NO2. The van der Waals surface area contributed by atoms with Gasteiger partial charge in [-0.05, 0) is 30.3 Å². The van der Waals surface area contributed by atoms with E-state index in [0.29, 0.717) is 13.2 Å². The molecule has 0 saturated carbocycles. The van der Waals surface area contributed by atoms with Gasteiger partial charge in [-0.1, -0.05) is 42.5 Å². The van der Waals surface area contributed by atoms with Crippen molar-refractivity contribution < 1.29 is 9.53 Å². The van der Waals surface area contributed by atoms with E-state index in [-0.39, 0.29) is 11.9 Å². The number of esters is 1. The fraction of sp³-hybridized carbons (Fsp3) is 0.312. The summed E-state index contributed by atoms with van der Waals surface area (Å²) in [5.74, 6) is -0.441. The highest BCUT2D eigenvalue weighted by Crippen LogP contribution is 2.26. The molecule has 100 valence electrons. The van der Waals surface area contributed by atoms with Crippen LogP contribution in [0, 0.1) is 0 Å². The lowest BCUT2D eigenvalue weighted by molar-refractivity contribution is -0.144. The summed E-state index contributed by atoms with van der Waals surface area (Å²) in [6.45, 7) is 2.81. The summed E-state index contributed by atoms with van der Waals surface area (Å²) in [7, 11) is 1.84. The van der Waals surface area contributed by atoms with E-state index in [0.717, 1.165) is 16.3 Å². The second-order valence-corrected chi connectivity index (χ2v) is 4.43. The molecule has 0 amide bonds. The number of hydrogen-bond acceptors (Lipinski definition) is 3. The summed E-state index contributed by atoms with van der Waals surface area (Å²) in [5, 5.41) is 5.32. The lowest BCUT2D eigenvalue weighted by Crippen LogP contribution is -2.26. The number of rotatable bonds is 5. The number of ether oxygens (including phenoxy) is 1. The van der Waals surface area contributed by atoms with E-state index in [4.69, 9.17) is 4.74 Å². The molecule has 0 saturated heterocycles. The minimum atomic E-state index is -0.268. The number of carbonyl (C=O) groups excluding carboxylic acids is 1. The molecule has 1 unspecified atom stereocenters. The fourth-order valence-electron chi connectivity index (χ4n) is 2.32. The van der Waals surface area contributed by atoms with Gasteiger partial charge in [-0.3, -0.25) is 4.79 Å². The number of carbonyl (C=O) groups is 1. The molecular weight excluding hydrogens is 238 g/mol. The molecule has 0 aromatic heterocycles. The molecule has 0 heterocycles. The van der Waals surface area contributed by atoms with Gasteiger partial charge in [0, 0.05) is 6.54 Å². The van der Waals surface area contributed by atoms with E-state index < -0.39 is 0 Å². The van der Waals surface area contributed by atoms with Crippen molar-refractivity contribution in [3.63, 3.8) is 0 Å². The molecule has 0 spiro atoms. The van der Waals surface area contributed by atoms with Crippen LogP contribution in [0.2, 0.25) is 0 Å². The van der Waals surface area contributed by atoms with E-state index in [1.165, 1.54) is 0 Å². The summed E-state index contributed by atoms with van der Waals surface area (Å²) in [6, 6.07) is 14.1. The third-order valence-corrected chi connectivity index (χ3v) is 3.18. The number of nitrogens with one attached hydrogen (secondary N) is 1. The van der Waals surface area contributed by atoms with Gasteiger partial charge >= 0.3 is 5.97 Å². The minimum Gasteiger partial charge on any atom is -0.465 e. The molecule has 0 aliphatic rings. The minimum absolute atomic E-state index is 0.173. The molecule has 1 atom stereocenters. The zero-order valence-electron chi connectivity index (χ0n) is 11.3. The largest absolute Gasteiger partial charge is 0.465 e. The number of likely N-dealkylation sites (N-methyl/N-ethyl adjacent to an activating group) is 1. The highest BCUT2D eigenvalue weighted by Gasteiger charge is 2.22. The summed E-state index contributed by atoms with van der Waals surface area (Å²) in [4.78, 5) is 12.1. The van der Waals surface area contributed by atoms with Crippen LogP contribution < -0.4 is 5.32 Å². The van der Waals surface area contributed by atoms with Crippen LogP contribution >= 0.6 is 0 Å². The second kappa shape index (κ2) is 6.34. The Labute approximate surface area is 113 Å². The van der Waals surface area contributed by atoms with Crippen molar-refractivity contribution in [2.75, 3.05) is 20.2 Å². The molecule has 3 heteroatoms. The van der Waals surface area contributed by atoms with Crippen LogP contribution in [-0.2, 0) is 9.53 Å². The Bertz CT molecular complexity index is 560. The first-order chi connectivity index (χ1) is 9.27. The van der Waals surface area contributed by atoms with E-state index in [1.807, 2.05) is 44.3 Å². The Kier molecular flexibility index (Phi) is 4.53. The molecule has 2 aromatic rings. The molecule has 19 heavy (non-hydrogen) atoms. The van der Waals surface area contributed by atoms with Crippen molar-refractivity contribution in [3.8, 4) is 0 Å². The van der Waals surface area contributed by atoms with Gasteiger partial charge in [0.15, 0.2) is 0 Å². The van der Waals surface area contributed by atoms with Crippen molar-refractivity contribution in [1.29, 1.82) is 0 Å². The number of hydrogen-bond donors (Lipinski definition) is 1. The van der Waals surface area contributed by atoms with Crippen LogP contribution in [0.1, 0.15) is 18.4 Å². The van der Waals surface area contributed by atoms with E-state index >= 15 is 0 Å². The predicted molar refractivity (Wildman–Crippen MR) is 77.2 cm³/mol. The maximum Gasteiger partial charge on any atom is 0.314 e. The monoisotopic (exact) mass is 257 g/mol. The van der Waals surface area contributed by atoms with Gasteiger partial charge in [-0.2, -0.15) is 0 Å². The van der Waals surface area contributed by atoms with Crippen molar-refractivity contribution in [2.45, 2.75) is 12.8 Å². The van der Waals surface area contributed by atoms with Crippen LogP contribution in [0.5, 0.6) is 0 Å². The van der Waals surface area contributed by atoms with Crippen molar-refractivity contribution in [2.24, 2.45) is 0 Å². The van der Waals surface area contributed by atoms with Crippen molar-refractivity contribution >= 4 is 16.7 Å². The maximum atomic E-state index is 12.1. The van der Waals surface area contributed by atoms with Gasteiger partial charge in [-0.15, -0.1) is 0 Å². The van der Waals surface area contributed by atoms with Crippen LogP contribution in [0.3, 0.4) is 0 Å². The van der Waals surface area contributed by atoms with Gasteiger partial charge in [0.05, 0.1) is 12.5 Å². The first-order valence-corrected chi connectivity index (χ1v) is 6.56. The van der Waals surface area contributed by atoms with Crippen LogP contribution in [0.15, 0.2) is 42.5 Å². The van der Waals surface area contributed by atoms with Gasteiger partial charge in [0.2, 0.25) is 0 Å². The Morgan fingerprint density at radius 1 is 1.21 bits per heavy atom. The second-order valence-electron chi connectivity index (χ2n) is 4.43. The topological polar surface area (TPSA) is 38.3 Å². The first kappa shape index (κ1) is 13.6. The Morgan fingerprint density at radius 3 is 2.68 bits per heavy atom. The van der Waals surface area contributed by atoms with Crippen LogP contribution in [0.4, 0.5) is 0 Å². The smallest absolute Gasteiger partial charge is 0.314 e. The summed E-state index contributed by atoms with van der Waals surface area (Å²) in [5.41, 5.74) is 1.02. The van der Waals surface area contributed by atoms with E-state index in [2.05, 4.69) is 17.4 Å². The molecule has 0 radical (unpaired) electrons. The highest BCUT2D eigenvalue weighted by atomic mass is 16.5. The fourth-order valence-corrected chi connectivity index (χ4v) is 2.32. The third-order valence-electron chi connectivity index (χ3n) is 3.18. The molecule has 2 aromatic carbocycles.